The maximum Gasteiger partial charge on any atom is 0.00444 e. The van der Waals surface area contributed by atoms with Crippen LogP contribution in [0.15, 0.2) is 54.6 Å². The Morgan fingerprint density at radius 2 is 1.95 bits per heavy atom. The van der Waals surface area contributed by atoms with E-state index in [0.717, 1.165) is 12.5 Å². The molecule has 1 aromatic carbocycles. The number of benzene rings is 1. The molecule has 0 aliphatic heterocycles. The zero-order valence-electron chi connectivity index (χ0n) is 13.3. The Labute approximate surface area is 130 Å². The molecule has 0 fully saturated rings. The number of aryl methyl sites for hydroxylation is 1. The zero-order valence-corrected chi connectivity index (χ0v) is 13.3. The summed E-state index contributed by atoms with van der Waals surface area (Å²) in [5, 5.41) is 3.67. The van der Waals surface area contributed by atoms with Gasteiger partial charge in [0, 0.05) is 6.04 Å². The van der Waals surface area contributed by atoms with Crippen LogP contribution < -0.4 is 5.32 Å². The second-order valence-electron chi connectivity index (χ2n) is 6.20. The molecule has 1 aromatic rings. The molecule has 0 aromatic heterocycles. The molecule has 0 radical (unpaired) electrons. The SMILES string of the molecule is CC(CC1C=CC=CC1)NCCCCCc1ccccc1. The second-order valence-corrected chi connectivity index (χ2v) is 6.20. The summed E-state index contributed by atoms with van der Waals surface area (Å²) >= 11 is 0. The number of unbranched alkanes of at least 4 members (excludes halogenated alkanes) is 2. The minimum Gasteiger partial charge on any atom is -0.314 e. The van der Waals surface area contributed by atoms with Crippen molar-refractivity contribution < 1.29 is 0 Å². The van der Waals surface area contributed by atoms with Crippen molar-refractivity contribution in [2.24, 2.45) is 5.92 Å². The molecule has 0 spiro atoms. The Morgan fingerprint density at radius 1 is 1.10 bits per heavy atom. The van der Waals surface area contributed by atoms with Gasteiger partial charge < -0.3 is 5.32 Å². The Morgan fingerprint density at radius 3 is 2.71 bits per heavy atom. The molecule has 0 saturated carbocycles. The molecular formula is C20H29N. The number of rotatable bonds is 9. The van der Waals surface area contributed by atoms with Crippen molar-refractivity contribution in [3.05, 3.63) is 60.2 Å². The van der Waals surface area contributed by atoms with Crippen molar-refractivity contribution in [1.29, 1.82) is 0 Å². The minimum absolute atomic E-state index is 0.625. The molecule has 2 unspecified atom stereocenters. The van der Waals surface area contributed by atoms with Gasteiger partial charge in [-0.3, -0.25) is 0 Å². The van der Waals surface area contributed by atoms with E-state index < -0.39 is 0 Å². The molecule has 1 heteroatoms. The predicted octanol–water partition coefficient (Wildman–Crippen LogP) is 4.90. The standard InChI is InChI=1S/C20H29N/c1-18(17-20-14-7-3-8-15-20)21-16-10-4-9-13-19-11-5-2-6-12-19/h2-3,5-8,11-12,14,18,20-21H,4,9-10,13,15-17H2,1H3. The summed E-state index contributed by atoms with van der Waals surface area (Å²) < 4.78 is 0. The van der Waals surface area contributed by atoms with Gasteiger partial charge in [-0.25, -0.2) is 0 Å². The van der Waals surface area contributed by atoms with Crippen LogP contribution >= 0.6 is 0 Å². The monoisotopic (exact) mass is 283 g/mol. The maximum absolute atomic E-state index is 3.67. The molecule has 1 N–H and O–H groups in total. The fourth-order valence-corrected chi connectivity index (χ4v) is 2.97. The van der Waals surface area contributed by atoms with Crippen molar-refractivity contribution >= 4 is 0 Å². The van der Waals surface area contributed by atoms with Crippen LogP contribution in [0.4, 0.5) is 0 Å². The van der Waals surface area contributed by atoms with Gasteiger partial charge in [0.1, 0.15) is 0 Å². The summed E-state index contributed by atoms with van der Waals surface area (Å²) in [6.45, 7) is 3.47. The predicted molar refractivity (Wildman–Crippen MR) is 92.5 cm³/mol. The van der Waals surface area contributed by atoms with Gasteiger partial charge in [0.25, 0.3) is 0 Å². The minimum atomic E-state index is 0.625. The van der Waals surface area contributed by atoms with Crippen LogP contribution in [0.1, 0.15) is 44.6 Å². The molecule has 2 atom stereocenters. The summed E-state index contributed by atoms with van der Waals surface area (Å²) in [5.41, 5.74) is 1.47. The summed E-state index contributed by atoms with van der Waals surface area (Å²) in [7, 11) is 0. The largest absolute Gasteiger partial charge is 0.314 e. The molecule has 21 heavy (non-hydrogen) atoms. The van der Waals surface area contributed by atoms with Gasteiger partial charge in [0.15, 0.2) is 0 Å². The van der Waals surface area contributed by atoms with E-state index in [2.05, 4.69) is 66.9 Å². The molecule has 1 aliphatic rings. The van der Waals surface area contributed by atoms with Crippen molar-refractivity contribution in [3.8, 4) is 0 Å². The van der Waals surface area contributed by atoms with Gasteiger partial charge in [-0.15, -0.1) is 0 Å². The molecule has 114 valence electrons. The van der Waals surface area contributed by atoms with Crippen molar-refractivity contribution in [3.63, 3.8) is 0 Å². The lowest BCUT2D eigenvalue weighted by molar-refractivity contribution is 0.440. The van der Waals surface area contributed by atoms with E-state index in [1.165, 1.54) is 44.1 Å². The van der Waals surface area contributed by atoms with Gasteiger partial charge >= 0.3 is 0 Å². The first-order chi connectivity index (χ1) is 10.3. The van der Waals surface area contributed by atoms with Crippen LogP contribution in [-0.2, 0) is 6.42 Å². The highest BCUT2D eigenvalue weighted by Crippen LogP contribution is 2.17. The average Bonchev–Trinajstić information content (AvgIpc) is 2.53. The lowest BCUT2D eigenvalue weighted by Gasteiger charge is -2.19. The van der Waals surface area contributed by atoms with Gasteiger partial charge in [-0.2, -0.15) is 0 Å². The molecule has 0 bridgehead atoms. The van der Waals surface area contributed by atoms with Gasteiger partial charge in [-0.05, 0) is 57.1 Å². The number of hydrogen-bond donors (Lipinski definition) is 1. The number of nitrogens with one attached hydrogen (secondary N) is 1. The van der Waals surface area contributed by atoms with Gasteiger partial charge in [-0.1, -0.05) is 61.1 Å². The van der Waals surface area contributed by atoms with Crippen molar-refractivity contribution in [2.75, 3.05) is 6.54 Å². The Hall–Kier alpha value is -1.34. The summed E-state index contributed by atoms with van der Waals surface area (Å²) in [6.07, 6.45) is 16.6. The van der Waals surface area contributed by atoms with E-state index in [-0.39, 0.29) is 0 Å². The van der Waals surface area contributed by atoms with E-state index >= 15 is 0 Å². The topological polar surface area (TPSA) is 12.0 Å². The third-order valence-corrected chi connectivity index (χ3v) is 4.20. The number of allylic oxidation sites excluding steroid dienone is 4. The van der Waals surface area contributed by atoms with E-state index in [4.69, 9.17) is 0 Å². The first-order valence-corrected chi connectivity index (χ1v) is 8.45. The molecule has 0 amide bonds. The van der Waals surface area contributed by atoms with Crippen molar-refractivity contribution in [1.82, 2.24) is 5.32 Å². The summed E-state index contributed by atoms with van der Waals surface area (Å²) in [5.74, 6) is 0.732. The van der Waals surface area contributed by atoms with E-state index in [9.17, 15) is 0 Å². The summed E-state index contributed by atoms with van der Waals surface area (Å²) in [6, 6.07) is 11.4. The third-order valence-electron chi connectivity index (χ3n) is 4.20. The third kappa shape index (κ3) is 6.77. The normalized spacial score (nSPS) is 18.8. The lowest BCUT2D eigenvalue weighted by Crippen LogP contribution is -2.29. The molecule has 2 rings (SSSR count). The fourth-order valence-electron chi connectivity index (χ4n) is 2.97. The van der Waals surface area contributed by atoms with Gasteiger partial charge in [0.05, 0.1) is 0 Å². The van der Waals surface area contributed by atoms with E-state index in [1.807, 2.05) is 0 Å². The Bertz CT molecular complexity index is 432. The molecule has 1 aliphatic carbocycles. The van der Waals surface area contributed by atoms with E-state index in [0.29, 0.717) is 6.04 Å². The zero-order chi connectivity index (χ0) is 14.8. The molecule has 0 saturated heterocycles. The first kappa shape index (κ1) is 16.0. The van der Waals surface area contributed by atoms with E-state index in [1.54, 1.807) is 0 Å². The average molecular weight is 283 g/mol. The second kappa shape index (κ2) is 9.57. The fraction of sp³-hybridized carbons (Fsp3) is 0.500. The Kier molecular flexibility index (Phi) is 7.31. The maximum atomic E-state index is 3.67. The highest BCUT2D eigenvalue weighted by atomic mass is 14.9. The lowest BCUT2D eigenvalue weighted by atomic mass is 9.94. The van der Waals surface area contributed by atoms with Crippen LogP contribution in [0.3, 0.4) is 0 Å². The number of hydrogen-bond acceptors (Lipinski definition) is 1. The van der Waals surface area contributed by atoms with Crippen molar-refractivity contribution in [2.45, 2.75) is 51.5 Å². The molecular weight excluding hydrogens is 254 g/mol. The van der Waals surface area contributed by atoms with Crippen LogP contribution in [0.5, 0.6) is 0 Å². The van der Waals surface area contributed by atoms with Crippen LogP contribution in [0.25, 0.3) is 0 Å². The molecule has 1 nitrogen and oxygen atoms in total. The molecule has 0 heterocycles. The van der Waals surface area contributed by atoms with Crippen LogP contribution in [0, 0.1) is 5.92 Å². The first-order valence-electron chi connectivity index (χ1n) is 8.45. The Balaban J connectivity index is 1.47. The van der Waals surface area contributed by atoms with Gasteiger partial charge in [0.2, 0.25) is 0 Å². The highest BCUT2D eigenvalue weighted by Gasteiger charge is 2.09. The summed E-state index contributed by atoms with van der Waals surface area (Å²) in [4.78, 5) is 0. The van der Waals surface area contributed by atoms with Crippen LogP contribution in [-0.4, -0.2) is 12.6 Å². The van der Waals surface area contributed by atoms with Crippen LogP contribution in [0.2, 0.25) is 0 Å². The smallest absolute Gasteiger partial charge is 0.00444 e. The quantitative estimate of drug-likeness (QED) is 0.636. The highest BCUT2D eigenvalue weighted by molar-refractivity contribution is 5.14.